The van der Waals surface area contributed by atoms with Gasteiger partial charge in [0.1, 0.15) is 15.7 Å². The molecule has 0 aliphatic carbocycles. The van der Waals surface area contributed by atoms with Crippen LogP contribution in [0.5, 0.6) is 0 Å². The fourth-order valence-corrected chi connectivity index (χ4v) is 3.64. The molecule has 1 N–H and O–H groups in total. The maximum Gasteiger partial charge on any atom is 0.147 e. The number of hydrogen-bond donors (Lipinski definition) is 1. The molecule has 0 unspecified atom stereocenters. The van der Waals surface area contributed by atoms with Gasteiger partial charge >= 0.3 is 0 Å². The Bertz CT molecular complexity index is 579. The minimum absolute atomic E-state index is 0.0136. The quantitative estimate of drug-likeness (QED) is 0.922. The van der Waals surface area contributed by atoms with E-state index in [0.717, 1.165) is 0 Å². The number of benzene rings is 1. The molecule has 2 rings (SSSR count). The van der Waals surface area contributed by atoms with Gasteiger partial charge < -0.3 is 10.1 Å². The van der Waals surface area contributed by atoms with Gasteiger partial charge in [0.15, 0.2) is 0 Å². The zero-order chi connectivity index (χ0) is 14.8. The van der Waals surface area contributed by atoms with Crippen LogP contribution in [0.15, 0.2) is 18.2 Å². The van der Waals surface area contributed by atoms with E-state index < -0.39 is 21.8 Å². The smallest absolute Gasteiger partial charge is 0.147 e. The highest BCUT2D eigenvalue weighted by atomic mass is 35.5. The van der Waals surface area contributed by atoms with Gasteiger partial charge in [-0.1, -0.05) is 17.7 Å². The molecule has 0 saturated carbocycles. The summed E-state index contributed by atoms with van der Waals surface area (Å²) in [4.78, 5) is 0. The Hall–Kier alpha value is -0.690. The van der Waals surface area contributed by atoms with E-state index in [1.165, 1.54) is 18.4 Å². The normalized spacial score (nSPS) is 24.4. The molecule has 0 radical (unpaired) electrons. The lowest BCUT2D eigenvalue weighted by Crippen LogP contribution is -2.30. The van der Waals surface area contributed by atoms with Crippen LogP contribution in [0.1, 0.15) is 11.7 Å². The molecule has 1 aliphatic heterocycles. The van der Waals surface area contributed by atoms with E-state index >= 15 is 0 Å². The maximum atomic E-state index is 13.2. The minimum atomic E-state index is -3.13. The molecule has 7 heteroatoms. The molecule has 1 aliphatic rings. The van der Waals surface area contributed by atoms with E-state index in [4.69, 9.17) is 16.3 Å². The second kappa shape index (κ2) is 6.39. The van der Waals surface area contributed by atoms with Gasteiger partial charge in [0, 0.05) is 25.3 Å². The van der Waals surface area contributed by atoms with Crippen molar-refractivity contribution < 1.29 is 17.5 Å². The van der Waals surface area contributed by atoms with Crippen molar-refractivity contribution in [2.45, 2.75) is 6.10 Å². The third kappa shape index (κ3) is 4.15. The highest BCUT2D eigenvalue weighted by molar-refractivity contribution is 7.90. The number of sulfone groups is 1. The summed E-state index contributed by atoms with van der Waals surface area (Å²) in [5.41, 5.74) is 0.703. The van der Waals surface area contributed by atoms with E-state index in [0.29, 0.717) is 25.3 Å². The molecule has 1 aromatic carbocycles. The van der Waals surface area contributed by atoms with Crippen LogP contribution in [-0.2, 0) is 14.6 Å². The number of halogens is 2. The number of ether oxygens (including phenoxy) is 1. The van der Waals surface area contributed by atoms with E-state index in [1.54, 1.807) is 6.07 Å². The molecule has 1 saturated heterocycles. The Morgan fingerprint density at radius 3 is 2.90 bits per heavy atom. The SMILES string of the molecule is CS(=O)(=O)C[C@H]1CNCCO[C@@H]1c1ccc(F)c(Cl)c1. The monoisotopic (exact) mass is 321 g/mol. The fraction of sp³-hybridized carbons (Fsp3) is 0.538. The average Bonchev–Trinajstić information content (AvgIpc) is 2.56. The van der Waals surface area contributed by atoms with Crippen LogP contribution in [0.3, 0.4) is 0 Å². The molecule has 0 bridgehead atoms. The molecule has 0 aromatic heterocycles. The summed E-state index contributed by atoms with van der Waals surface area (Å²) < 4.78 is 42.0. The second-order valence-corrected chi connectivity index (χ2v) is 7.61. The first-order chi connectivity index (χ1) is 9.37. The molecule has 0 amide bonds. The van der Waals surface area contributed by atoms with Crippen LogP contribution in [0.4, 0.5) is 4.39 Å². The van der Waals surface area contributed by atoms with Gasteiger partial charge in [0.05, 0.1) is 23.5 Å². The zero-order valence-corrected chi connectivity index (χ0v) is 12.7. The Labute approximate surface area is 123 Å². The summed E-state index contributed by atoms with van der Waals surface area (Å²) in [6, 6.07) is 4.37. The molecular weight excluding hydrogens is 305 g/mol. The Morgan fingerprint density at radius 1 is 1.50 bits per heavy atom. The topological polar surface area (TPSA) is 55.4 Å². The Morgan fingerprint density at radius 2 is 2.25 bits per heavy atom. The standard InChI is InChI=1S/C13H17ClFNO3S/c1-20(17,18)8-10-7-16-4-5-19-13(10)9-2-3-12(15)11(14)6-9/h2-3,6,10,13,16H,4-5,7-8H2,1H3/t10-,13-/m1/s1. The molecule has 1 aromatic rings. The minimum Gasteiger partial charge on any atom is -0.372 e. The van der Waals surface area contributed by atoms with E-state index in [-0.39, 0.29) is 16.7 Å². The third-order valence-electron chi connectivity index (χ3n) is 3.20. The van der Waals surface area contributed by atoms with Crippen molar-refractivity contribution in [2.75, 3.05) is 31.7 Å². The summed E-state index contributed by atoms with van der Waals surface area (Å²) in [6.07, 6.45) is 0.796. The Kier molecular flexibility index (Phi) is 5.01. The van der Waals surface area contributed by atoms with Crippen LogP contribution in [0.2, 0.25) is 5.02 Å². The highest BCUT2D eigenvalue weighted by Crippen LogP contribution is 2.30. The summed E-state index contributed by atoms with van der Waals surface area (Å²) in [6.45, 7) is 1.67. The fourth-order valence-electron chi connectivity index (χ4n) is 2.38. The number of nitrogens with one attached hydrogen (secondary N) is 1. The summed E-state index contributed by atoms with van der Waals surface area (Å²) in [5, 5.41) is 3.16. The van der Waals surface area contributed by atoms with Crippen molar-refractivity contribution in [3.63, 3.8) is 0 Å². The third-order valence-corrected chi connectivity index (χ3v) is 4.52. The molecule has 4 nitrogen and oxygen atoms in total. The van der Waals surface area contributed by atoms with Crippen molar-refractivity contribution in [3.8, 4) is 0 Å². The van der Waals surface area contributed by atoms with Crippen LogP contribution in [0, 0.1) is 11.7 Å². The largest absolute Gasteiger partial charge is 0.372 e. The lowest BCUT2D eigenvalue weighted by atomic mass is 9.97. The predicted molar refractivity (Wildman–Crippen MR) is 76.2 cm³/mol. The predicted octanol–water partition coefficient (Wildman–Crippen LogP) is 1.80. The molecule has 20 heavy (non-hydrogen) atoms. The van der Waals surface area contributed by atoms with Crippen LogP contribution in [-0.4, -0.2) is 40.1 Å². The van der Waals surface area contributed by atoms with Gasteiger partial charge in [-0.15, -0.1) is 0 Å². The molecular formula is C13H17ClFNO3S. The second-order valence-electron chi connectivity index (χ2n) is 5.02. The first-order valence-corrected chi connectivity index (χ1v) is 8.75. The summed E-state index contributed by atoms with van der Waals surface area (Å²) in [5.74, 6) is -0.713. The van der Waals surface area contributed by atoms with Crippen LogP contribution < -0.4 is 5.32 Å². The van der Waals surface area contributed by atoms with E-state index in [1.807, 2.05) is 0 Å². The van der Waals surface area contributed by atoms with Gasteiger partial charge in [-0.25, -0.2) is 12.8 Å². The first kappa shape index (κ1) is 15.7. The lowest BCUT2D eigenvalue weighted by Gasteiger charge is -2.24. The molecule has 1 fully saturated rings. The average molecular weight is 322 g/mol. The molecule has 2 atom stereocenters. The van der Waals surface area contributed by atoms with Gasteiger partial charge in [0.2, 0.25) is 0 Å². The van der Waals surface area contributed by atoms with Crippen molar-refractivity contribution in [3.05, 3.63) is 34.6 Å². The van der Waals surface area contributed by atoms with Crippen molar-refractivity contribution >= 4 is 21.4 Å². The van der Waals surface area contributed by atoms with Crippen molar-refractivity contribution in [2.24, 2.45) is 5.92 Å². The maximum absolute atomic E-state index is 13.2. The van der Waals surface area contributed by atoms with Crippen molar-refractivity contribution in [1.82, 2.24) is 5.32 Å². The molecule has 0 spiro atoms. The van der Waals surface area contributed by atoms with Gasteiger partial charge in [-0.3, -0.25) is 0 Å². The van der Waals surface area contributed by atoms with Crippen molar-refractivity contribution in [1.29, 1.82) is 0 Å². The summed E-state index contributed by atoms with van der Waals surface area (Å²) in [7, 11) is -3.13. The van der Waals surface area contributed by atoms with Gasteiger partial charge in [-0.05, 0) is 17.7 Å². The molecule has 112 valence electrons. The van der Waals surface area contributed by atoms with Crippen LogP contribution >= 0.6 is 11.6 Å². The van der Waals surface area contributed by atoms with Crippen LogP contribution in [0.25, 0.3) is 0 Å². The lowest BCUT2D eigenvalue weighted by molar-refractivity contribution is 0.0369. The highest BCUT2D eigenvalue weighted by Gasteiger charge is 2.29. The zero-order valence-electron chi connectivity index (χ0n) is 11.1. The number of hydrogen-bond acceptors (Lipinski definition) is 4. The first-order valence-electron chi connectivity index (χ1n) is 6.32. The number of rotatable bonds is 3. The Balaban J connectivity index is 2.29. The molecule has 1 heterocycles. The summed E-state index contributed by atoms with van der Waals surface area (Å²) >= 11 is 5.79. The van der Waals surface area contributed by atoms with Gasteiger partial charge in [0.25, 0.3) is 0 Å². The van der Waals surface area contributed by atoms with Gasteiger partial charge in [-0.2, -0.15) is 0 Å². The van der Waals surface area contributed by atoms with E-state index in [2.05, 4.69) is 5.32 Å². The van der Waals surface area contributed by atoms with E-state index in [9.17, 15) is 12.8 Å².